The lowest BCUT2D eigenvalue weighted by Crippen LogP contribution is -2.40. The van der Waals surface area contributed by atoms with Crippen molar-refractivity contribution in [1.82, 2.24) is 20.0 Å². The van der Waals surface area contributed by atoms with Crippen LogP contribution in [0.15, 0.2) is 33.3 Å². The minimum Gasteiger partial charge on any atom is -0.357 e. The molecule has 0 radical (unpaired) electrons. The molecule has 130 valence electrons. The fourth-order valence-electron chi connectivity index (χ4n) is 3.06. The second-order valence-electron chi connectivity index (χ2n) is 6.07. The summed E-state index contributed by atoms with van der Waals surface area (Å²) in [5, 5.41) is 7.74. The highest BCUT2D eigenvalue weighted by molar-refractivity contribution is 9.11. The van der Waals surface area contributed by atoms with Crippen molar-refractivity contribution in [2.45, 2.75) is 25.7 Å². The number of guanidine groups is 1. The molecule has 3 rings (SSSR count). The van der Waals surface area contributed by atoms with Crippen molar-refractivity contribution in [2.24, 2.45) is 12.0 Å². The number of rotatable bonds is 5. The lowest BCUT2D eigenvalue weighted by atomic mass is 10.0. The van der Waals surface area contributed by atoms with Crippen LogP contribution in [0.25, 0.3) is 0 Å². The molecule has 1 aliphatic rings. The predicted octanol–water partition coefficient (Wildman–Crippen LogP) is 3.24. The zero-order valence-corrected chi connectivity index (χ0v) is 16.6. The zero-order chi connectivity index (χ0) is 16.9. The topological polar surface area (TPSA) is 45.5 Å². The second-order valence-corrected chi connectivity index (χ2v) is 8.62. The van der Waals surface area contributed by atoms with Gasteiger partial charge in [0, 0.05) is 56.6 Å². The van der Waals surface area contributed by atoms with Crippen molar-refractivity contribution in [3.63, 3.8) is 0 Å². The number of aliphatic imine (C=N–C) groups is 1. The van der Waals surface area contributed by atoms with Crippen molar-refractivity contribution >= 4 is 33.2 Å². The van der Waals surface area contributed by atoms with Gasteiger partial charge in [-0.3, -0.25) is 9.67 Å². The zero-order valence-electron chi connectivity index (χ0n) is 14.2. The standard InChI is InChI=1S/C17H24BrN5S/c1-3-19-17(20-8-6-15-4-5-16(18)24-15)23-9-7-13(12-23)14-10-21-22(2)11-14/h4-5,10-11,13H,3,6-9,12H2,1-2H3,(H,19,20). The van der Waals surface area contributed by atoms with Gasteiger partial charge in [0.05, 0.1) is 9.98 Å². The Balaban J connectivity index is 1.59. The third-order valence-corrected chi connectivity index (χ3v) is 5.95. The molecule has 0 bridgehead atoms. The summed E-state index contributed by atoms with van der Waals surface area (Å²) in [5.74, 6) is 1.59. The van der Waals surface area contributed by atoms with Crippen LogP contribution >= 0.6 is 27.3 Å². The summed E-state index contributed by atoms with van der Waals surface area (Å²) in [7, 11) is 1.98. The molecular formula is C17H24BrN5S. The van der Waals surface area contributed by atoms with Crippen LogP contribution in [-0.4, -0.2) is 46.8 Å². The largest absolute Gasteiger partial charge is 0.357 e. The normalized spacial score (nSPS) is 18.4. The van der Waals surface area contributed by atoms with Gasteiger partial charge in [0.25, 0.3) is 0 Å². The van der Waals surface area contributed by atoms with E-state index in [0.29, 0.717) is 5.92 Å². The van der Waals surface area contributed by atoms with Gasteiger partial charge in [0.1, 0.15) is 0 Å². The van der Waals surface area contributed by atoms with Gasteiger partial charge in [0.2, 0.25) is 0 Å². The Morgan fingerprint density at radius 3 is 3.04 bits per heavy atom. The lowest BCUT2D eigenvalue weighted by Gasteiger charge is -2.21. The summed E-state index contributed by atoms with van der Waals surface area (Å²) in [5.41, 5.74) is 1.33. The molecule has 0 saturated carbocycles. The maximum absolute atomic E-state index is 4.84. The van der Waals surface area contributed by atoms with Gasteiger partial charge in [-0.05, 0) is 47.0 Å². The van der Waals surface area contributed by atoms with Crippen LogP contribution in [0.5, 0.6) is 0 Å². The van der Waals surface area contributed by atoms with E-state index in [1.165, 1.54) is 14.2 Å². The number of nitrogens with zero attached hydrogens (tertiary/aromatic N) is 4. The quantitative estimate of drug-likeness (QED) is 0.608. The van der Waals surface area contributed by atoms with E-state index in [0.717, 1.165) is 45.0 Å². The van der Waals surface area contributed by atoms with Crippen molar-refractivity contribution in [3.8, 4) is 0 Å². The molecule has 0 aromatic carbocycles. The van der Waals surface area contributed by atoms with E-state index < -0.39 is 0 Å². The van der Waals surface area contributed by atoms with Crippen LogP contribution < -0.4 is 5.32 Å². The monoisotopic (exact) mass is 409 g/mol. The number of thiophene rings is 1. The Morgan fingerprint density at radius 1 is 1.50 bits per heavy atom. The molecular weight excluding hydrogens is 386 g/mol. The molecule has 1 N–H and O–H groups in total. The molecule has 1 saturated heterocycles. The van der Waals surface area contributed by atoms with Crippen LogP contribution in [0.1, 0.15) is 29.7 Å². The minimum absolute atomic E-state index is 0.552. The Labute approximate surface area is 155 Å². The SMILES string of the molecule is CCNC(=NCCc1ccc(Br)s1)N1CCC(c2cnn(C)c2)C1. The first-order valence-electron chi connectivity index (χ1n) is 8.41. The van der Waals surface area contributed by atoms with E-state index in [2.05, 4.69) is 56.5 Å². The number of hydrogen-bond donors (Lipinski definition) is 1. The number of aromatic nitrogens is 2. The number of halogens is 1. The molecule has 0 aliphatic carbocycles. The molecule has 24 heavy (non-hydrogen) atoms. The van der Waals surface area contributed by atoms with Crippen molar-refractivity contribution in [1.29, 1.82) is 0 Å². The smallest absolute Gasteiger partial charge is 0.193 e. The van der Waals surface area contributed by atoms with Gasteiger partial charge in [-0.25, -0.2) is 0 Å². The van der Waals surface area contributed by atoms with Crippen LogP contribution in [-0.2, 0) is 13.5 Å². The van der Waals surface area contributed by atoms with Crippen LogP contribution in [0.2, 0.25) is 0 Å². The van der Waals surface area contributed by atoms with Gasteiger partial charge in [-0.1, -0.05) is 0 Å². The maximum atomic E-state index is 4.84. The Kier molecular flexibility index (Phi) is 5.94. The highest BCUT2D eigenvalue weighted by Gasteiger charge is 2.26. The minimum atomic E-state index is 0.552. The van der Waals surface area contributed by atoms with Crippen LogP contribution in [0.3, 0.4) is 0 Å². The number of likely N-dealkylation sites (tertiary alicyclic amines) is 1. The number of nitrogens with one attached hydrogen (secondary N) is 1. The first kappa shape index (κ1) is 17.5. The highest BCUT2D eigenvalue weighted by Crippen LogP contribution is 2.27. The lowest BCUT2D eigenvalue weighted by molar-refractivity contribution is 0.486. The first-order chi connectivity index (χ1) is 11.7. The highest BCUT2D eigenvalue weighted by atomic mass is 79.9. The molecule has 1 aliphatic heterocycles. The van der Waals surface area contributed by atoms with Crippen LogP contribution in [0, 0.1) is 0 Å². The summed E-state index contributed by atoms with van der Waals surface area (Å²) in [4.78, 5) is 8.59. The molecule has 1 unspecified atom stereocenters. The summed E-state index contributed by atoms with van der Waals surface area (Å²) < 4.78 is 3.07. The number of aryl methyl sites for hydroxylation is 1. The first-order valence-corrected chi connectivity index (χ1v) is 10.0. The van der Waals surface area contributed by atoms with E-state index >= 15 is 0 Å². The van der Waals surface area contributed by atoms with Gasteiger partial charge in [-0.15, -0.1) is 11.3 Å². The van der Waals surface area contributed by atoms with Crippen LogP contribution in [0.4, 0.5) is 0 Å². The fourth-order valence-corrected chi connectivity index (χ4v) is 4.53. The van der Waals surface area contributed by atoms with E-state index in [-0.39, 0.29) is 0 Å². The summed E-state index contributed by atoms with van der Waals surface area (Å²) in [6, 6.07) is 4.28. The second kappa shape index (κ2) is 8.16. The molecule has 3 heterocycles. The van der Waals surface area contributed by atoms with Gasteiger partial charge >= 0.3 is 0 Å². The Hall–Kier alpha value is -1.34. The molecule has 1 fully saturated rings. The average molecular weight is 410 g/mol. The number of hydrogen-bond acceptors (Lipinski definition) is 3. The summed E-state index contributed by atoms with van der Waals surface area (Å²) >= 11 is 5.31. The molecule has 2 aromatic heterocycles. The van der Waals surface area contributed by atoms with Gasteiger partial charge < -0.3 is 10.2 Å². The van der Waals surface area contributed by atoms with Gasteiger partial charge in [0.15, 0.2) is 5.96 Å². The van der Waals surface area contributed by atoms with E-state index in [1.54, 1.807) is 11.3 Å². The molecule has 7 heteroatoms. The maximum Gasteiger partial charge on any atom is 0.193 e. The average Bonchev–Trinajstić information content (AvgIpc) is 3.27. The van der Waals surface area contributed by atoms with E-state index in [4.69, 9.17) is 4.99 Å². The Morgan fingerprint density at radius 2 is 2.38 bits per heavy atom. The van der Waals surface area contributed by atoms with Crippen molar-refractivity contribution in [2.75, 3.05) is 26.2 Å². The third-order valence-electron chi connectivity index (χ3n) is 4.27. The summed E-state index contributed by atoms with van der Waals surface area (Å²) in [6.07, 6.45) is 6.28. The van der Waals surface area contributed by atoms with Crippen molar-refractivity contribution < 1.29 is 0 Å². The molecule has 5 nitrogen and oxygen atoms in total. The van der Waals surface area contributed by atoms with Gasteiger partial charge in [-0.2, -0.15) is 5.10 Å². The molecule has 0 amide bonds. The summed E-state index contributed by atoms with van der Waals surface area (Å²) in [6.45, 7) is 5.92. The van der Waals surface area contributed by atoms with Crippen molar-refractivity contribution in [3.05, 3.63) is 38.8 Å². The predicted molar refractivity (Wildman–Crippen MR) is 104 cm³/mol. The third kappa shape index (κ3) is 4.39. The Bertz CT molecular complexity index is 693. The molecule has 2 aromatic rings. The van der Waals surface area contributed by atoms with E-state index in [9.17, 15) is 0 Å². The molecule has 0 spiro atoms. The fraction of sp³-hybridized carbons (Fsp3) is 0.529. The molecule has 1 atom stereocenters. The van der Waals surface area contributed by atoms with E-state index in [1.807, 2.05) is 17.9 Å².